The maximum absolute atomic E-state index is 12.9. The molecule has 0 spiro atoms. The summed E-state index contributed by atoms with van der Waals surface area (Å²) in [5, 5.41) is 33.6. The molecule has 4 aliphatic rings. The van der Waals surface area contributed by atoms with Gasteiger partial charge in [0, 0.05) is 29.7 Å². The minimum atomic E-state index is -0.310. The molecule has 0 unspecified atom stereocenters. The molecule has 8 aromatic rings. The van der Waals surface area contributed by atoms with Crippen LogP contribution in [0.1, 0.15) is 255 Å². The number of aromatic hydroxyl groups is 2. The van der Waals surface area contributed by atoms with Gasteiger partial charge in [-0.15, -0.1) is 0 Å². The smallest absolute Gasteiger partial charge is 0.273 e. The van der Waals surface area contributed by atoms with E-state index in [1.54, 1.807) is 26.4 Å². The highest BCUT2D eigenvalue weighted by Gasteiger charge is 2.24. The molecule has 1 heterocycles. The first-order valence-electron chi connectivity index (χ1n) is 36.6. The van der Waals surface area contributed by atoms with Gasteiger partial charge in [-0.05, 0) is 279 Å². The third-order valence-corrected chi connectivity index (χ3v) is 19.8. The van der Waals surface area contributed by atoms with E-state index < -0.39 is 0 Å². The predicted octanol–water partition coefficient (Wildman–Crippen LogP) is 19.2. The first-order valence-corrected chi connectivity index (χ1v) is 36.6. The molecule has 536 valence electrons. The van der Waals surface area contributed by atoms with Crippen LogP contribution in [0.5, 0.6) is 23.0 Å². The van der Waals surface area contributed by atoms with Crippen molar-refractivity contribution in [1.29, 1.82) is 0 Å². The summed E-state index contributed by atoms with van der Waals surface area (Å²) in [5.41, 5.74) is 25.0. The van der Waals surface area contributed by atoms with Gasteiger partial charge in [-0.1, -0.05) is 124 Å². The average molecular weight is 1370 g/mol. The van der Waals surface area contributed by atoms with E-state index >= 15 is 0 Å². The van der Waals surface area contributed by atoms with Crippen molar-refractivity contribution in [2.45, 2.75) is 227 Å². The lowest BCUT2D eigenvalue weighted by molar-refractivity contribution is 0.0956. The molecule has 0 atom stereocenters. The highest BCUT2D eigenvalue weighted by atomic mass is 16.5. The van der Waals surface area contributed by atoms with Gasteiger partial charge in [-0.25, -0.2) is 0 Å². The van der Waals surface area contributed by atoms with E-state index in [4.69, 9.17) is 9.47 Å². The molecule has 0 saturated carbocycles. The van der Waals surface area contributed by atoms with Crippen LogP contribution in [0.15, 0.2) is 127 Å². The standard InChI is InChI=1S/C23H30N2O2.C23H29NO2.C22H27NO2.C18H23N3O2/c1-23(2,3)18-10-12-19(13-11-18)24-25-22(26)20-14-16-8-6-5-7-9-17(16)15-21(20)27-4;1-23(2,3)18-10-12-19(13-11-18)24-22(25)20-14-16-8-6-5-7-9-17(16)15-21(20)26-4;1-22(2,3)17-9-11-18(12-10-17)23-21(25)19-13-15-7-5-4-6-8-16(15)14-20(19)24;1-3-21-12(2)9-17(20-21)19-18(23)15-10-13-7-5-4-6-8-14(13)11-16(15)22/h10-15,24H,5-9H2,1-4H3,(H,25,26);10-15H,5-9H2,1-4H3,(H,24,25);9-14,24H,4-8H2,1-3H3,(H,23,25);9-11,22H,3-8H2,1-2H3,(H,19,20,23). The van der Waals surface area contributed by atoms with E-state index in [0.29, 0.717) is 39.6 Å². The number of hydrazine groups is 1. The number of fused-ring (bicyclic) bond motifs is 4. The second kappa shape index (κ2) is 34.3. The normalized spacial score (nSPS) is 14.3. The molecule has 0 bridgehead atoms. The first kappa shape index (κ1) is 75.8. The lowest BCUT2D eigenvalue weighted by Crippen LogP contribution is -2.30. The van der Waals surface area contributed by atoms with E-state index in [2.05, 4.69) is 125 Å². The number of ether oxygens (including phenoxy) is 2. The third-order valence-electron chi connectivity index (χ3n) is 19.8. The topological polar surface area (TPSA) is 205 Å². The molecule has 4 amide bonds. The fraction of sp³-hybridized carbons (Fsp3) is 0.430. The minimum Gasteiger partial charge on any atom is -0.507 e. The van der Waals surface area contributed by atoms with Gasteiger partial charge in [0.1, 0.15) is 23.0 Å². The number of amides is 4. The monoisotopic (exact) mass is 1370 g/mol. The van der Waals surface area contributed by atoms with Crippen LogP contribution in [-0.4, -0.2) is 57.8 Å². The highest BCUT2D eigenvalue weighted by Crippen LogP contribution is 2.35. The van der Waals surface area contributed by atoms with Crippen LogP contribution in [0.2, 0.25) is 0 Å². The van der Waals surface area contributed by atoms with E-state index in [-0.39, 0.29) is 51.4 Å². The molecule has 0 radical (unpaired) electrons. The number of methoxy groups -OCH3 is 2. The van der Waals surface area contributed by atoms with Crippen molar-refractivity contribution < 1.29 is 38.9 Å². The number of rotatable bonds is 12. The zero-order chi connectivity index (χ0) is 72.6. The molecule has 0 fully saturated rings. The summed E-state index contributed by atoms with van der Waals surface area (Å²) < 4.78 is 12.8. The largest absolute Gasteiger partial charge is 0.507 e. The fourth-order valence-corrected chi connectivity index (χ4v) is 13.7. The van der Waals surface area contributed by atoms with E-state index in [0.717, 1.165) is 106 Å². The van der Waals surface area contributed by atoms with Crippen molar-refractivity contribution in [1.82, 2.24) is 15.2 Å². The minimum absolute atomic E-state index is 0.0507. The van der Waals surface area contributed by atoms with Crippen LogP contribution in [0.25, 0.3) is 0 Å². The Labute approximate surface area is 600 Å². The van der Waals surface area contributed by atoms with Gasteiger partial charge < -0.3 is 35.6 Å². The van der Waals surface area contributed by atoms with Gasteiger partial charge in [0.05, 0.1) is 42.2 Å². The molecule has 1 aromatic heterocycles. The van der Waals surface area contributed by atoms with Crippen molar-refractivity contribution in [3.8, 4) is 23.0 Å². The van der Waals surface area contributed by atoms with Crippen LogP contribution >= 0.6 is 0 Å². The van der Waals surface area contributed by atoms with Gasteiger partial charge in [-0.3, -0.25) is 34.7 Å². The SMILES string of the molecule is CC(C)(C)c1ccc(NC(=O)c2cc3c(cc2O)CCCCC3)cc1.CCn1nc(NC(=O)c2cc3c(cc2O)CCCCC3)cc1C.COc1cc2c(cc1C(=O)NNc1ccc(C(C)(C)C)cc1)CCCCC2.COc1cc2c(cc1C(=O)Nc1ccc(C(C)(C)C)cc1)CCCCC2. The number of nitrogens with one attached hydrogen (secondary N) is 5. The average Bonchev–Trinajstić information content (AvgIpc) is 1.75. The van der Waals surface area contributed by atoms with Gasteiger partial charge in [-0.2, -0.15) is 5.10 Å². The number of carbonyl (C=O) groups excluding carboxylic acids is 4. The molecular formula is C86H109N7O8. The fourth-order valence-electron chi connectivity index (χ4n) is 13.7. The summed E-state index contributed by atoms with van der Waals surface area (Å²) in [6.45, 7) is 24.3. The number of hydrogen-bond donors (Lipinski definition) is 7. The molecule has 0 aliphatic heterocycles. The molecule has 15 nitrogen and oxygen atoms in total. The molecular weight excluding hydrogens is 1260 g/mol. The number of anilines is 4. The zero-order valence-corrected chi connectivity index (χ0v) is 62.2. The van der Waals surface area contributed by atoms with Crippen molar-refractivity contribution in [2.24, 2.45) is 0 Å². The number of nitrogens with zero attached hydrogens (tertiary/aromatic N) is 2. The van der Waals surface area contributed by atoms with Gasteiger partial charge in [0.15, 0.2) is 5.82 Å². The predicted molar refractivity (Wildman–Crippen MR) is 410 cm³/mol. The molecule has 0 saturated heterocycles. The molecule has 12 rings (SSSR count). The Morgan fingerprint density at radius 3 is 1.02 bits per heavy atom. The molecule has 101 heavy (non-hydrogen) atoms. The van der Waals surface area contributed by atoms with Gasteiger partial charge >= 0.3 is 0 Å². The Kier molecular flexibility index (Phi) is 25.8. The Hall–Kier alpha value is -9.37. The summed E-state index contributed by atoms with van der Waals surface area (Å²) in [7, 11) is 3.25. The second-order valence-corrected chi connectivity index (χ2v) is 30.6. The Balaban J connectivity index is 0.000000157. The second-order valence-electron chi connectivity index (χ2n) is 30.6. The van der Waals surface area contributed by atoms with Crippen LogP contribution in [0.3, 0.4) is 0 Å². The van der Waals surface area contributed by atoms with Crippen LogP contribution < -0.4 is 36.3 Å². The zero-order valence-electron chi connectivity index (χ0n) is 62.2. The summed E-state index contributed by atoms with van der Waals surface area (Å²) in [6, 6.07) is 41.3. The lowest BCUT2D eigenvalue weighted by atomic mass is 9.87. The molecule has 4 aliphatic carbocycles. The van der Waals surface area contributed by atoms with Crippen molar-refractivity contribution in [3.05, 3.63) is 217 Å². The lowest BCUT2D eigenvalue weighted by Gasteiger charge is -2.19. The summed E-state index contributed by atoms with van der Waals surface area (Å²) >= 11 is 0. The van der Waals surface area contributed by atoms with E-state index in [1.807, 2.05) is 103 Å². The van der Waals surface area contributed by atoms with E-state index in [1.165, 1.54) is 113 Å². The van der Waals surface area contributed by atoms with Gasteiger partial charge in [0.2, 0.25) is 0 Å². The number of aryl methyl sites for hydroxylation is 10. The van der Waals surface area contributed by atoms with Crippen molar-refractivity contribution in [3.63, 3.8) is 0 Å². The third kappa shape index (κ3) is 20.7. The quantitative estimate of drug-likeness (QED) is 0.0455. The van der Waals surface area contributed by atoms with Crippen LogP contribution in [0, 0.1) is 6.92 Å². The Morgan fingerprint density at radius 2 is 0.693 bits per heavy atom. The van der Waals surface area contributed by atoms with Crippen LogP contribution in [0.4, 0.5) is 22.9 Å². The number of phenols is 2. The summed E-state index contributed by atoms with van der Waals surface area (Å²) in [5.74, 6) is 1.08. The maximum Gasteiger partial charge on any atom is 0.273 e. The Bertz CT molecular complexity index is 4170. The number of phenolic OH excluding ortho intramolecular Hbond substituents is 2. The first-order chi connectivity index (χ1) is 48.2. The van der Waals surface area contributed by atoms with Crippen LogP contribution in [-0.2, 0) is 74.2 Å². The van der Waals surface area contributed by atoms with Gasteiger partial charge in [0.25, 0.3) is 23.6 Å². The van der Waals surface area contributed by atoms with Crippen molar-refractivity contribution in [2.75, 3.05) is 35.6 Å². The molecule has 7 aromatic carbocycles. The molecule has 15 heteroatoms. The van der Waals surface area contributed by atoms with Crippen molar-refractivity contribution >= 4 is 46.5 Å². The number of benzene rings is 7. The van der Waals surface area contributed by atoms with E-state index in [9.17, 15) is 29.4 Å². The maximum atomic E-state index is 12.9. The Morgan fingerprint density at radius 1 is 0.396 bits per heavy atom. The number of aromatic nitrogens is 2. The summed E-state index contributed by atoms with van der Waals surface area (Å²) in [4.78, 5) is 50.7. The summed E-state index contributed by atoms with van der Waals surface area (Å²) in [6.07, 6.45) is 22.4. The molecule has 7 N–H and O–H groups in total. The number of carbonyl (C=O) groups is 4. The number of hydrogen-bond acceptors (Lipinski definition) is 10. The highest BCUT2D eigenvalue weighted by molar-refractivity contribution is 6.08.